The number of rotatable bonds is 3. The van der Waals surface area contributed by atoms with E-state index < -0.39 is 0 Å². The van der Waals surface area contributed by atoms with E-state index in [4.69, 9.17) is 16.0 Å². The van der Waals surface area contributed by atoms with E-state index in [9.17, 15) is 4.79 Å². The summed E-state index contributed by atoms with van der Waals surface area (Å²) in [5, 5.41) is 4.27. The van der Waals surface area contributed by atoms with Crippen molar-refractivity contribution in [3.05, 3.63) is 69.9 Å². The highest BCUT2D eigenvalue weighted by molar-refractivity contribution is 6.32. The Morgan fingerprint density at radius 3 is 2.59 bits per heavy atom. The van der Waals surface area contributed by atoms with Gasteiger partial charge in [0.1, 0.15) is 11.3 Å². The molecular formula is C18H16ClNO2. The predicted molar refractivity (Wildman–Crippen MR) is 88.3 cm³/mol. The molecule has 0 atom stereocenters. The number of carbonyl (C=O) groups excluding carboxylic acids is 1. The van der Waals surface area contributed by atoms with Gasteiger partial charge in [0, 0.05) is 17.0 Å². The Morgan fingerprint density at radius 2 is 1.86 bits per heavy atom. The SMILES string of the molecule is Cc1ccc(CNC(=O)c2cc(Cl)cc3cc(C)oc23)cc1. The van der Waals surface area contributed by atoms with Crippen LogP contribution in [0.4, 0.5) is 0 Å². The first-order valence-corrected chi connectivity index (χ1v) is 7.44. The lowest BCUT2D eigenvalue weighted by molar-refractivity contribution is 0.0951. The molecule has 3 rings (SSSR count). The van der Waals surface area contributed by atoms with Crippen LogP contribution in [0.2, 0.25) is 5.02 Å². The molecule has 2 aromatic carbocycles. The fourth-order valence-electron chi connectivity index (χ4n) is 2.40. The predicted octanol–water partition coefficient (Wildman–Crippen LogP) is 4.63. The Balaban J connectivity index is 1.84. The second kappa shape index (κ2) is 5.85. The first-order chi connectivity index (χ1) is 10.5. The van der Waals surface area contributed by atoms with Gasteiger partial charge >= 0.3 is 0 Å². The lowest BCUT2D eigenvalue weighted by atomic mass is 10.1. The zero-order valence-electron chi connectivity index (χ0n) is 12.4. The molecule has 1 N–H and O–H groups in total. The lowest BCUT2D eigenvalue weighted by Crippen LogP contribution is -2.22. The highest BCUT2D eigenvalue weighted by Gasteiger charge is 2.15. The molecule has 0 aliphatic heterocycles. The quantitative estimate of drug-likeness (QED) is 0.765. The second-order valence-electron chi connectivity index (χ2n) is 5.40. The maximum atomic E-state index is 12.4. The molecule has 0 fully saturated rings. The molecule has 112 valence electrons. The van der Waals surface area contributed by atoms with Gasteiger partial charge in [-0.05, 0) is 37.6 Å². The van der Waals surface area contributed by atoms with Gasteiger partial charge in [0.15, 0.2) is 0 Å². The van der Waals surface area contributed by atoms with E-state index in [1.165, 1.54) is 5.56 Å². The monoisotopic (exact) mass is 313 g/mol. The third kappa shape index (κ3) is 3.00. The summed E-state index contributed by atoms with van der Waals surface area (Å²) in [6.45, 7) is 4.35. The molecule has 1 aromatic heterocycles. The Morgan fingerprint density at radius 1 is 1.14 bits per heavy atom. The summed E-state index contributed by atoms with van der Waals surface area (Å²) in [5.74, 6) is 0.562. The minimum absolute atomic E-state index is 0.192. The third-order valence-electron chi connectivity index (χ3n) is 3.52. The van der Waals surface area contributed by atoms with Gasteiger partial charge in [0.2, 0.25) is 0 Å². The molecule has 22 heavy (non-hydrogen) atoms. The molecule has 4 heteroatoms. The Hall–Kier alpha value is -2.26. The Bertz CT molecular complexity index is 834. The van der Waals surface area contributed by atoms with Crippen LogP contribution in [0.25, 0.3) is 11.0 Å². The average Bonchev–Trinajstić information content (AvgIpc) is 2.85. The Kier molecular flexibility index (Phi) is 3.90. The van der Waals surface area contributed by atoms with Crippen molar-refractivity contribution < 1.29 is 9.21 Å². The Labute approximate surface area is 133 Å². The summed E-state index contributed by atoms with van der Waals surface area (Å²) >= 11 is 6.09. The van der Waals surface area contributed by atoms with Gasteiger partial charge in [0.05, 0.1) is 5.56 Å². The van der Waals surface area contributed by atoms with Crippen LogP contribution in [0, 0.1) is 13.8 Å². The maximum absolute atomic E-state index is 12.4. The zero-order chi connectivity index (χ0) is 15.7. The highest BCUT2D eigenvalue weighted by Crippen LogP contribution is 2.27. The first kappa shape index (κ1) is 14.7. The van der Waals surface area contributed by atoms with Gasteiger partial charge in [-0.15, -0.1) is 0 Å². The summed E-state index contributed by atoms with van der Waals surface area (Å²) in [6, 6.07) is 13.4. The molecule has 0 radical (unpaired) electrons. The summed E-state index contributed by atoms with van der Waals surface area (Å²) in [4.78, 5) is 12.4. The van der Waals surface area contributed by atoms with E-state index in [-0.39, 0.29) is 5.91 Å². The van der Waals surface area contributed by atoms with Crippen molar-refractivity contribution in [2.75, 3.05) is 0 Å². The van der Waals surface area contributed by atoms with E-state index >= 15 is 0 Å². The van der Waals surface area contributed by atoms with Crippen LogP contribution in [0.15, 0.2) is 46.9 Å². The lowest BCUT2D eigenvalue weighted by Gasteiger charge is -2.07. The molecule has 3 nitrogen and oxygen atoms in total. The molecule has 0 saturated carbocycles. The van der Waals surface area contributed by atoms with Crippen molar-refractivity contribution >= 4 is 28.5 Å². The third-order valence-corrected chi connectivity index (χ3v) is 3.74. The summed E-state index contributed by atoms with van der Waals surface area (Å²) in [7, 11) is 0. The number of furan rings is 1. The van der Waals surface area contributed by atoms with Crippen molar-refractivity contribution in [2.24, 2.45) is 0 Å². The van der Waals surface area contributed by atoms with Crippen molar-refractivity contribution in [3.63, 3.8) is 0 Å². The van der Waals surface area contributed by atoms with Gasteiger partial charge < -0.3 is 9.73 Å². The molecule has 0 aliphatic carbocycles. The van der Waals surface area contributed by atoms with Crippen molar-refractivity contribution in [3.8, 4) is 0 Å². The molecule has 0 aliphatic rings. The van der Waals surface area contributed by atoms with E-state index in [1.807, 2.05) is 44.2 Å². The minimum Gasteiger partial charge on any atom is -0.461 e. The van der Waals surface area contributed by atoms with Gasteiger partial charge in [-0.25, -0.2) is 0 Å². The van der Waals surface area contributed by atoms with Crippen LogP contribution in [0.5, 0.6) is 0 Å². The normalized spacial score (nSPS) is 10.9. The number of hydrogen-bond acceptors (Lipinski definition) is 2. The first-order valence-electron chi connectivity index (χ1n) is 7.06. The zero-order valence-corrected chi connectivity index (χ0v) is 13.2. The number of benzene rings is 2. The van der Waals surface area contributed by atoms with Crippen LogP contribution in [-0.2, 0) is 6.54 Å². The van der Waals surface area contributed by atoms with E-state index in [0.717, 1.165) is 16.7 Å². The maximum Gasteiger partial charge on any atom is 0.255 e. The number of amides is 1. The van der Waals surface area contributed by atoms with Crippen molar-refractivity contribution in [2.45, 2.75) is 20.4 Å². The topological polar surface area (TPSA) is 42.2 Å². The molecule has 0 saturated heterocycles. The van der Waals surface area contributed by atoms with Crippen LogP contribution in [0.1, 0.15) is 27.2 Å². The number of nitrogens with one attached hydrogen (secondary N) is 1. The van der Waals surface area contributed by atoms with Crippen LogP contribution in [-0.4, -0.2) is 5.91 Å². The van der Waals surface area contributed by atoms with Gasteiger partial charge in [-0.2, -0.15) is 0 Å². The van der Waals surface area contributed by atoms with Gasteiger partial charge in [0.25, 0.3) is 5.91 Å². The number of aryl methyl sites for hydroxylation is 2. The second-order valence-corrected chi connectivity index (χ2v) is 5.83. The van der Waals surface area contributed by atoms with Gasteiger partial charge in [-0.1, -0.05) is 41.4 Å². The summed E-state index contributed by atoms with van der Waals surface area (Å²) < 4.78 is 5.62. The molecule has 1 heterocycles. The van der Waals surface area contributed by atoms with E-state index in [1.54, 1.807) is 12.1 Å². The fourth-order valence-corrected chi connectivity index (χ4v) is 2.62. The van der Waals surface area contributed by atoms with E-state index in [0.29, 0.717) is 22.7 Å². The van der Waals surface area contributed by atoms with Crippen LogP contribution >= 0.6 is 11.6 Å². The van der Waals surface area contributed by atoms with Crippen LogP contribution < -0.4 is 5.32 Å². The van der Waals surface area contributed by atoms with Crippen molar-refractivity contribution in [1.29, 1.82) is 0 Å². The van der Waals surface area contributed by atoms with Crippen LogP contribution in [0.3, 0.4) is 0 Å². The number of hydrogen-bond donors (Lipinski definition) is 1. The largest absolute Gasteiger partial charge is 0.461 e. The fraction of sp³-hybridized carbons (Fsp3) is 0.167. The molecule has 0 unspecified atom stereocenters. The highest BCUT2D eigenvalue weighted by atomic mass is 35.5. The molecule has 1 amide bonds. The smallest absolute Gasteiger partial charge is 0.255 e. The number of fused-ring (bicyclic) bond motifs is 1. The number of halogens is 1. The van der Waals surface area contributed by atoms with Crippen molar-refractivity contribution in [1.82, 2.24) is 5.32 Å². The van der Waals surface area contributed by atoms with E-state index in [2.05, 4.69) is 5.32 Å². The average molecular weight is 314 g/mol. The summed E-state index contributed by atoms with van der Waals surface area (Å²) in [5.41, 5.74) is 3.27. The summed E-state index contributed by atoms with van der Waals surface area (Å²) in [6.07, 6.45) is 0. The molecule has 0 bridgehead atoms. The minimum atomic E-state index is -0.192. The molecule has 3 aromatic rings. The van der Waals surface area contributed by atoms with Gasteiger partial charge in [-0.3, -0.25) is 4.79 Å². The molecule has 0 spiro atoms. The number of carbonyl (C=O) groups is 1. The molecular weight excluding hydrogens is 298 g/mol. The standard InChI is InChI=1S/C18H16ClNO2/c1-11-3-5-13(6-4-11)10-20-18(21)16-9-15(19)8-14-7-12(2)22-17(14)16/h3-9H,10H2,1-2H3,(H,20,21).